The molecular weight excluding hydrogens is 302 g/mol. The maximum Gasteiger partial charge on any atom is 0.254 e. The molecule has 0 aliphatic carbocycles. The molecule has 0 atom stereocenters. The van der Waals surface area contributed by atoms with Crippen molar-refractivity contribution < 1.29 is 9.53 Å². The van der Waals surface area contributed by atoms with Crippen LogP contribution < -0.4 is 10.1 Å². The summed E-state index contributed by atoms with van der Waals surface area (Å²) in [5.41, 5.74) is 1.52. The molecule has 1 amide bonds. The summed E-state index contributed by atoms with van der Waals surface area (Å²) in [6.45, 7) is 5.71. The molecule has 0 bridgehead atoms. The SMILES string of the molecule is CCCN(CCC)C(=O)c1ccnc(Nc2cccc(OC)c2)c1. The molecule has 128 valence electrons. The smallest absolute Gasteiger partial charge is 0.254 e. The number of amides is 1. The number of methoxy groups -OCH3 is 1. The maximum absolute atomic E-state index is 12.7. The molecule has 1 aromatic heterocycles. The summed E-state index contributed by atoms with van der Waals surface area (Å²) in [6.07, 6.45) is 3.56. The van der Waals surface area contributed by atoms with Crippen LogP contribution in [-0.4, -0.2) is 36.0 Å². The highest BCUT2D eigenvalue weighted by Gasteiger charge is 2.14. The van der Waals surface area contributed by atoms with Gasteiger partial charge in [-0.1, -0.05) is 19.9 Å². The summed E-state index contributed by atoms with van der Waals surface area (Å²) >= 11 is 0. The molecule has 2 aromatic rings. The van der Waals surface area contributed by atoms with Crippen molar-refractivity contribution in [2.75, 3.05) is 25.5 Å². The third-order valence-corrected chi connectivity index (χ3v) is 3.62. The Morgan fingerprint density at radius 1 is 1.17 bits per heavy atom. The molecule has 1 heterocycles. The van der Waals surface area contributed by atoms with Gasteiger partial charge in [-0.15, -0.1) is 0 Å². The van der Waals surface area contributed by atoms with Crippen LogP contribution in [0.15, 0.2) is 42.6 Å². The van der Waals surface area contributed by atoms with Gasteiger partial charge in [-0.25, -0.2) is 4.98 Å². The van der Waals surface area contributed by atoms with Crippen LogP contribution in [0.3, 0.4) is 0 Å². The molecule has 0 aliphatic rings. The molecule has 1 aromatic carbocycles. The van der Waals surface area contributed by atoms with Crippen LogP contribution >= 0.6 is 0 Å². The summed E-state index contributed by atoms with van der Waals surface area (Å²) in [5, 5.41) is 3.21. The highest BCUT2D eigenvalue weighted by molar-refractivity contribution is 5.95. The lowest BCUT2D eigenvalue weighted by Crippen LogP contribution is -2.32. The Morgan fingerprint density at radius 3 is 2.58 bits per heavy atom. The van der Waals surface area contributed by atoms with Crippen LogP contribution in [0.4, 0.5) is 11.5 Å². The minimum Gasteiger partial charge on any atom is -0.497 e. The van der Waals surface area contributed by atoms with E-state index in [1.807, 2.05) is 29.2 Å². The van der Waals surface area contributed by atoms with Crippen LogP contribution in [0.5, 0.6) is 5.75 Å². The molecular formula is C19H25N3O2. The molecule has 0 saturated heterocycles. The molecule has 24 heavy (non-hydrogen) atoms. The zero-order valence-corrected chi connectivity index (χ0v) is 14.6. The summed E-state index contributed by atoms with van der Waals surface area (Å²) in [7, 11) is 1.63. The highest BCUT2D eigenvalue weighted by Crippen LogP contribution is 2.21. The normalized spacial score (nSPS) is 10.3. The minimum atomic E-state index is 0.0507. The van der Waals surface area contributed by atoms with Crippen molar-refractivity contribution in [3.05, 3.63) is 48.2 Å². The van der Waals surface area contributed by atoms with Gasteiger partial charge in [0.2, 0.25) is 0 Å². The predicted molar refractivity (Wildman–Crippen MR) is 97.0 cm³/mol. The van der Waals surface area contributed by atoms with Crippen LogP contribution in [0, 0.1) is 0 Å². The van der Waals surface area contributed by atoms with Crippen molar-refractivity contribution >= 4 is 17.4 Å². The average molecular weight is 327 g/mol. The fourth-order valence-corrected chi connectivity index (χ4v) is 2.52. The van der Waals surface area contributed by atoms with E-state index in [9.17, 15) is 4.79 Å². The number of pyridine rings is 1. The van der Waals surface area contributed by atoms with E-state index >= 15 is 0 Å². The monoisotopic (exact) mass is 327 g/mol. The molecule has 5 heteroatoms. The second-order valence-corrected chi connectivity index (χ2v) is 5.58. The lowest BCUT2D eigenvalue weighted by Gasteiger charge is -2.21. The first-order valence-electron chi connectivity index (χ1n) is 8.34. The molecule has 0 fully saturated rings. The number of benzene rings is 1. The molecule has 1 N–H and O–H groups in total. The maximum atomic E-state index is 12.7. The van der Waals surface area contributed by atoms with Crippen molar-refractivity contribution in [1.82, 2.24) is 9.88 Å². The van der Waals surface area contributed by atoms with Gasteiger partial charge in [0, 0.05) is 36.6 Å². The van der Waals surface area contributed by atoms with Gasteiger partial charge >= 0.3 is 0 Å². The molecule has 0 radical (unpaired) electrons. The Bertz CT molecular complexity index is 667. The van der Waals surface area contributed by atoms with Crippen molar-refractivity contribution in [3.8, 4) is 5.75 Å². The van der Waals surface area contributed by atoms with E-state index < -0.39 is 0 Å². The summed E-state index contributed by atoms with van der Waals surface area (Å²) in [4.78, 5) is 18.9. The van der Waals surface area contributed by atoms with Crippen molar-refractivity contribution in [2.45, 2.75) is 26.7 Å². The first kappa shape index (κ1) is 17.8. The van der Waals surface area contributed by atoms with E-state index in [0.717, 1.165) is 37.4 Å². The Morgan fingerprint density at radius 2 is 1.92 bits per heavy atom. The van der Waals surface area contributed by atoms with E-state index in [2.05, 4.69) is 24.1 Å². The Labute approximate surface area is 143 Å². The Balaban J connectivity index is 2.16. The van der Waals surface area contributed by atoms with Crippen molar-refractivity contribution in [1.29, 1.82) is 0 Å². The van der Waals surface area contributed by atoms with Crippen LogP contribution in [-0.2, 0) is 0 Å². The highest BCUT2D eigenvalue weighted by atomic mass is 16.5. The average Bonchev–Trinajstić information content (AvgIpc) is 2.61. The number of nitrogens with one attached hydrogen (secondary N) is 1. The second-order valence-electron chi connectivity index (χ2n) is 5.58. The van der Waals surface area contributed by atoms with Gasteiger partial charge < -0.3 is 15.0 Å². The first-order chi connectivity index (χ1) is 11.7. The number of anilines is 2. The number of ether oxygens (including phenoxy) is 1. The van der Waals surface area contributed by atoms with Crippen molar-refractivity contribution in [2.24, 2.45) is 0 Å². The predicted octanol–water partition coefficient (Wildman–Crippen LogP) is 4.10. The molecule has 0 unspecified atom stereocenters. The first-order valence-corrected chi connectivity index (χ1v) is 8.34. The van der Waals surface area contributed by atoms with Gasteiger partial charge in [0.15, 0.2) is 0 Å². The third-order valence-electron chi connectivity index (χ3n) is 3.62. The summed E-state index contributed by atoms with van der Waals surface area (Å²) < 4.78 is 5.22. The fourth-order valence-electron chi connectivity index (χ4n) is 2.52. The number of carbonyl (C=O) groups is 1. The van der Waals surface area contributed by atoms with Crippen molar-refractivity contribution in [3.63, 3.8) is 0 Å². The largest absolute Gasteiger partial charge is 0.497 e. The minimum absolute atomic E-state index is 0.0507. The molecule has 0 aliphatic heterocycles. The number of carbonyl (C=O) groups excluding carboxylic acids is 1. The number of hydrogen-bond donors (Lipinski definition) is 1. The van der Waals surface area contributed by atoms with E-state index in [-0.39, 0.29) is 5.91 Å². The van der Waals surface area contributed by atoms with Gasteiger partial charge in [0.05, 0.1) is 7.11 Å². The van der Waals surface area contributed by atoms with E-state index in [4.69, 9.17) is 4.74 Å². The van der Waals surface area contributed by atoms with Gasteiger partial charge in [0.25, 0.3) is 5.91 Å². The van der Waals surface area contributed by atoms with E-state index in [1.54, 1.807) is 25.4 Å². The topological polar surface area (TPSA) is 54.5 Å². The molecule has 0 spiro atoms. The zero-order chi connectivity index (χ0) is 17.4. The van der Waals surface area contributed by atoms with Crippen LogP contribution in [0.1, 0.15) is 37.0 Å². The lowest BCUT2D eigenvalue weighted by molar-refractivity contribution is 0.0755. The van der Waals surface area contributed by atoms with Crippen LogP contribution in [0.2, 0.25) is 0 Å². The number of rotatable bonds is 8. The van der Waals surface area contributed by atoms with Crippen LogP contribution in [0.25, 0.3) is 0 Å². The Hall–Kier alpha value is -2.56. The number of aromatic nitrogens is 1. The summed E-state index contributed by atoms with van der Waals surface area (Å²) in [6, 6.07) is 11.2. The standard InChI is InChI=1S/C19H25N3O2/c1-4-11-22(12-5-2)19(23)15-9-10-20-18(13-15)21-16-7-6-8-17(14-16)24-3/h6-10,13-14H,4-5,11-12H2,1-3H3,(H,20,21). The lowest BCUT2D eigenvalue weighted by atomic mass is 10.2. The number of hydrogen-bond acceptors (Lipinski definition) is 4. The van der Waals surface area contributed by atoms with Gasteiger partial charge in [-0.2, -0.15) is 0 Å². The third kappa shape index (κ3) is 4.72. The molecule has 5 nitrogen and oxygen atoms in total. The van der Waals surface area contributed by atoms with Gasteiger partial charge in [-0.3, -0.25) is 4.79 Å². The van der Waals surface area contributed by atoms with E-state index in [1.165, 1.54) is 0 Å². The van der Waals surface area contributed by atoms with Gasteiger partial charge in [-0.05, 0) is 37.1 Å². The molecule has 0 saturated carbocycles. The zero-order valence-electron chi connectivity index (χ0n) is 14.6. The fraction of sp³-hybridized carbons (Fsp3) is 0.368. The van der Waals surface area contributed by atoms with Gasteiger partial charge in [0.1, 0.15) is 11.6 Å². The summed E-state index contributed by atoms with van der Waals surface area (Å²) in [5.74, 6) is 1.46. The second kappa shape index (κ2) is 8.91. The van der Waals surface area contributed by atoms with E-state index in [0.29, 0.717) is 11.4 Å². The number of nitrogens with zero attached hydrogens (tertiary/aromatic N) is 2. The Kier molecular flexibility index (Phi) is 6.61. The quantitative estimate of drug-likeness (QED) is 0.793. The molecule has 2 rings (SSSR count).